The summed E-state index contributed by atoms with van der Waals surface area (Å²) in [5, 5.41) is -0.516. The summed E-state index contributed by atoms with van der Waals surface area (Å²) in [6.45, 7) is 1.72. The summed E-state index contributed by atoms with van der Waals surface area (Å²) in [5.74, 6) is -0.755. The molecular weight excluding hydrogens is 210 g/mol. The lowest BCUT2D eigenvalue weighted by atomic mass is 10.1. The Hall–Kier alpha value is -1.29. The van der Waals surface area contributed by atoms with Crippen LogP contribution < -0.4 is 4.90 Å². The summed E-state index contributed by atoms with van der Waals surface area (Å²) in [6.07, 6.45) is 0. The number of imide groups is 1. The van der Waals surface area contributed by atoms with E-state index in [1.807, 2.05) is 6.07 Å². The van der Waals surface area contributed by atoms with Crippen molar-refractivity contribution in [3.63, 3.8) is 0 Å². The number of anilines is 1. The van der Waals surface area contributed by atoms with Gasteiger partial charge in [-0.1, -0.05) is 25.1 Å². The first-order valence-corrected chi connectivity index (χ1v) is 5.25. The molecule has 1 aliphatic heterocycles. The van der Waals surface area contributed by atoms with Crippen molar-refractivity contribution in [2.45, 2.75) is 12.2 Å². The molecule has 1 aromatic rings. The fourth-order valence-electron chi connectivity index (χ4n) is 1.62. The molecule has 0 aliphatic carbocycles. The Morgan fingerprint density at radius 3 is 2.20 bits per heavy atom. The smallest absolute Gasteiger partial charge is 0.247 e. The largest absolute Gasteiger partial charge is 0.274 e. The van der Waals surface area contributed by atoms with Crippen molar-refractivity contribution in [2.75, 3.05) is 4.90 Å². The molecule has 2 unspecified atom stereocenters. The van der Waals surface area contributed by atoms with Crippen molar-refractivity contribution in [1.29, 1.82) is 0 Å². The van der Waals surface area contributed by atoms with E-state index in [1.54, 1.807) is 31.2 Å². The number of amides is 2. The number of carbonyl (C=O) groups excluding carboxylic acids is 2. The molecular formula is C11H11NO2S. The molecule has 0 N–H and O–H groups in total. The van der Waals surface area contributed by atoms with Gasteiger partial charge in [0, 0.05) is 0 Å². The lowest BCUT2D eigenvalue weighted by Gasteiger charge is -2.13. The Kier molecular flexibility index (Phi) is 2.52. The summed E-state index contributed by atoms with van der Waals surface area (Å²) in [6, 6.07) is 8.93. The highest BCUT2D eigenvalue weighted by molar-refractivity contribution is 7.82. The Labute approximate surface area is 93.5 Å². The van der Waals surface area contributed by atoms with Gasteiger partial charge in [0.2, 0.25) is 11.8 Å². The van der Waals surface area contributed by atoms with Crippen LogP contribution in [0.2, 0.25) is 0 Å². The average Bonchev–Trinajstić information content (AvgIpc) is 2.45. The van der Waals surface area contributed by atoms with Gasteiger partial charge in [0.1, 0.15) is 0 Å². The second kappa shape index (κ2) is 3.70. The molecule has 1 aliphatic rings. The van der Waals surface area contributed by atoms with Crippen LogP contribution in [0.1, 0.15) is 6.92 Å². The maximum atomic E-state index is 11.8. The normalized spacial score (nSPS) is 26.1. The SMILES string of the molecule is CC1C(=O)N(c2ccccc2)C(=O)C1S. The Morgan fingerprint density at radius 2 is 1.73 bits per heavy atom. The fraction of sp³-hybridized carbons (Fsp3) is 0.273. The van der Waals surface area contributed by atoms with E-state index >= 15 is 0 Å². The van der Waals surface area contributed by atoms with Gasteiger partial charge in [-0.15, -0.1) is 0 Å². The maximum Gasteiger partial charge on any atom is 0.247 e. The molecule has 0 saturated carbocycles. The van der Waals surface area contributed by atoms with Crippen molar-refractivity contribution in [3.05, 3.63) is 30.3 Å². The number of rotatable bonds is 1. The van der Waals surface area contributed by atoms with Gasteiger partial charge in [0.05, 0.1) is 16.9 Å². The maximum absolute atomic E-state index is 11.8. The summed E-state index contributed by atoms with van der Waals surface area (Å²) in [5.41, 5.74) is 0.621. The van der Waals surface area contributed by atoms with Crippen molar-refractivity contribution < 1.29 is 9.59 Å². The van der Waals surface area contributed by atoms with Crippen LogP contribution in [-0.2, 0) is 9.59 Å². The van der Waals surface area contributed by atoms with Gasteiger partial charge in [0.25, 0.3) is 0 Å². The molecule has 0 radical (unpaired) electrons. The third-order valence-corrected chi connectivity index (χ3v) is 3.24. The van der Waals surface area contributed by atoms with E-state index in [1.165, 1.54) is 4.90 Å². The van der Waals surface area contributed by atoms with Crippen LogP contribution in [0.25, 0.3) is 0 Å². The van der Waals surface area contributed by atoms with Crippen molar-refractivity contribution in [2.24, 2.45) is 5.92 Å². The lowest BCUT2D eigenvalue weighted by molar-refractivity contribution is -0.122. The van der Waals surface area contributed by atoms with Gasteiger partial charge >= 0.3 is 0 Å². The zero-order valence-electron chi connectivity index (χ0n) is 8.25. The fourth-order valence-corrected chi connectivity index (χ4v) is 1.87. The number of para-hydroxylation sites is 1. The van der Waals surface area contributed by atoms with E-state index in [9.17, 15) is 9.59 Å². The molecule has 1 heterocycles. The molecule has 15 heavy (non-hydrogen) atoms. The first kappa shape index (κ1) is 10.2. The van der Waals surface area contributed by atoms with E-state index in [4.69, 9.17) is 0 Å². The first-order chi connectivity index (χ1) is 7.13. The van der Waals surface area contributed by atoms with Gasteiger partial charge < -0.3 is 0 Å². The number of hydrogen-bond donors (Lipinski definition) is 1. The third-order valence-electron chi connectivity index (χ3n) is 2.57. The van der Waals surface area contributed by atoms with Crippen LogP contribution in [0.4, 0.5) is 5.69 Å². The number of thiol groups is 1. The van der Waals surface area contributed by atoms with Crippen molar-refractivity contribution >= 4 is 30.1 Å². The summed E-state index contributed by atoms with van der Waals surface area (Å²) in [4.78, 5) is 24.7. The topological polar surface area (TPSA) is 37.4 Å². The van der Waals surface area contributed by atoms with Gasteiger partial charge in [0.15, 0.2) is 0 Å². The minimum atomic E-state index is -0.516. The number of nitrogens with zero attached hydrogens (tertiary/aromatic N) is 1. The predicted molar refractivity (Wildman–Crippen MR) is 60.9 cm³/mol. The van der Waals surface area contributed by atoms with E-state index in [2.05, 4.69) is 12.6 Å². The van der Waals surface area contributed by atoms with E-state index in [0.717, 1.165) is 0 Å². The highest BCUT2D eigenvalue weighted by Crippen LogP contribution is 2.28. The van der Waals surface area contributed by atoms with Crippen LogP contribution in [-0.4, -0.2) is 17.1 Å². The molecule has 1 fully saturated rings. The van der Waals surface area contributed by atoms with Crippen molar-refractivity contribution in [3.8, 4) is 0 Å². The van der Waals surface area contributed by atoms with Gasteiger partial charge in [-0.25, -0.2) is 4.90 Å². The van der Waals surface area contributed by atoms with E-state index in [-0.39, 0.29) is 17.7 Å². The first-order valence-electron chi connectivity index (χ1n) is 4.74. The van der Waals surface area contributed by atoms with Gasteiger partial charge in [-0.2, -0.15) is 12.6 Å². The Balaban J connectivity index is 2.39. The quantitative estimate of drug-likeness (QED) is 0.576. The monoisotopic (exact) mass is 221 g/mol. The second-order valence-corrected chi connectivity index (χ2v) is 4.14. The van der Waals surface area contributed by atoms with Crippen LogP contribution in [0.15, 0.2) is 30.3 Å². The highest BCUT2D eigenvalue weighted by Gasteiger charge is 2.43. The molecule has 1 aromatic carbocycles. The Morgan fingerprint density at radius 1 is 1.13 bits per heavy atom. The standard InChI is InChI=1S/C11H11NO2S/c1-7-9(15)11(14)12(10(7)13)8-5-3-2-4-6-8/h2-7,9,15H,1H3. The zero-order chi connectivity index (χ0) is 11.0. The average molecular weight is 221 g/mol. The van der Waals surface area contributed by atoms with Gasteiger partial charge in [-0.05, 0) is 12.1 Å². The van der Waals surface area contributed by atoms with Crippen LogP contribution >= 0.6 is 12.6 Å². The van der Waals surface area contributed by atoms with Gasteiger partial charge in [-0.3, -0.25) is 9.59 Å². The lowest BCUT2D eigenvalue weighted by Crippen LogP contribution is -2.30. The molecule has 0 spiro atoms. The summed E-state index contributed by atoms with van der Waals surface area (Å²) >= 11 is 4.14. The van der Waals surface area contributed by atoms with Crippen LogP contribution in [0, 0.1) is 5.92 Å². The molecule has 78 valence electrons. The van der Waals surface area contributed by atoms with Crippen LogP contribution in [0.5, 0.6) is 0 Å². The second-order valence-electron chi connectivity index (χ2n) is 3.58. The minimum absolute atomic E-state index is 0.175. The van der Waals surface area contributed by atoms with E-state index < -0.39 is 5.25 Å². The number of hydrogen-bond acceptors (Lipinski definition) is 3. The predicted octanol–water partition coefficient (Wildman–Crippen LogP) is 1.49. The molecule has 2 amide bonds. The molecule has 3 nitrogen and oxygen atoms in total. The van der Waals surface area contributed by atoms with Crippen LogP contribution in [0.3, 0.4) is 0 Å². The molecule has 4 heteroatoms. The molecule has 2 atom stereocenters. The summed E-state index contributed by atoms with van der Waals surface area (Å²) in [7, 11) is 0. The van der Waals surface area contributed by atoms with Crippen molar-refractivity contribution in [1.82, 2.24) is 0 Å². The zero-order valence-corrected chi connectivity index (χ0v) is 9.15. The molecule has 1 saturated heterocycles. The Bertz CT molecular complexity index is 384. The molecule has 2 rings (SSSR count). The molecule has 0 aromatic heterocycles. The number of benzene rings is 1. The minimum Gasteiger partial charge on any atom is -0.274 e. The highest BCUT2D eigenvalue weighted by atomic mass is 32.1. The summed E-state index contributed by atoms with van der Waals surface area (Å²) < 4.78 is 0. The van der Waals surface area contributed by atoms with E-state index in [0.29, 0.717) is 5.69 Å². The third kappa shape index (κ3) is 1.55. The number of carbonyl (C=O) groups is 2. The molecule has 0 bridgehead atoms.